The van der Waals surface area contributed by atoms with Crippen LogP contribution < -0.4 is 9.47 Å². The van der Waals surface area contributed by atoms with Crippen molar-refractivity contribution >= 4 is 17.6 Å². The third kappa shape index (κ3) is 3.15. The minimum absolute atomic E-state index is 0.154. The van der Waals surface area contributed by atoms with E-state index in [1.807, 2.05) is 35.7 Å². The fourth-order valence-electron chi connectivity index (χ4n) is 1.97. The Labute approximate surface area is 116 Å². The number of carbonyl (C=O) groups excluding carboxylic acids is 1. The molecular weight excluding hydrogens is 260 g/mol. The number of benzene rings is 1. The van der Waals surface area contributed by atoms with Crippen LogP contribution in [0.3, 0.4) is 0 Å². The summed E-state index contributed by atoms with van der Waals surface area (Å²) in [6.45, 7) is 0. The van der Waals surface area contributed by atoms with Crippen LogP contribution in [0, 0.1) is 0 Å². The van der Waals surface area contributed by atoms with E-state index in [9.17, 15) is 4.79 Å². The molecule has 0 saturated carbocycles. The molecule has 0 bridgehead atoms. The molecule has 1 aromatic carbocycles. The maximum absolute atomic E-state index is 11.3. The number of carbonyl (C=O) groups is 1. The van der Waals surface area contributed by atoms with Crippen molar-refractivity contribution < 1.29 is 14.3 Å². The van der Waals surface area contributed by atoms with Gasteiger partial charge in [0.15, 0.2) is 11.5 Å². The molecule has 19 heavy (non-hydrogen) atoms. The van der Waals surface area contributed by atoms with Crippen LogP contribution in [0.2, 0.25) is 0 Å². The molecule has 0 aliphatic rings. The molecule has 0 fully saturated rings. The third-order valence-electron chi connectivity index (χ3n) is 3.00. The molecule has 1 aromatic heterocycles. The van der Waals surface area contributed by atoms with Gasteiger partial charge in [0.25, 0.3) is 0 Å². The minimum atomic E-state index is -0.154. The number of hydrogen-bond donors (Lipinski definition) is 0. The maximum Gasteiger partial charge on any atom is 0.161 e. The van der Waals surface area contributed by atoms with Crippen LogP contribution in [0.15, 0.2) is 35.7 Å². The van der Waals surface area contributed by atoms with Gasteiger partial charge in [-0.3, -0.25) is 0 Å². The first-order valence-corrected chi connectivity index (χ1v) is 6.86. The Kier molecular flexibility index (Phi) is 4.58. The van der Waals surface area contributed by atoms with Gasteiger partial charge in [-0.25, -0.2) is 0 Å². The van der Waals surface area contributed by atoms with Crippen molar-refractivity contribution in [1.82, 2.24) is 0 Å². The predicted octanol–water partition coefficient (Wildman–Crippen LogP) is 3.29. The van der Waals surface area contributed by atoms with Crippen molar-refractivity contribution in [2.75, 3.05) is 14.2 Å². The second-order valence-corrected chi connectivity index (χ2v) is 5.17. The molecule has 4 heteroatoms. The molecular formula is C15H16O3S. The van der Waals surface area contributed by atoms with Crippen LogP contribution in [0.4, 0.5) is 0 Å². The predicted molar refractivity (Wildman–Crippen MR) is 76.4 cm³/mol. The summed E-state index contributed by atoms with van der Waals surface area (Å²) in [5.41, 5.74) is 0.945. The lowest BCUT2D eigenvalue weighted by molar-refractivity contribution is -0.109. The van der Waals surface area contributed by atoms with Crippen LogP contribution >= 0.6 is 11.3 Å². The van der Waals surface area contributed by atoms with E-state index in [0.29, 0.717) is 11.5 Å². The Morgan fingerprint density at radius 2 is 2.00 bits per heavy atom. The molecule has 0 amide bonds. The lowest BCUT2D eigenvalue weighted by Crippen LogP contribution is -2.04. The van der Waals surface area contributed by atoms with E-state index >= 15 is 0 Å². The highest BCUT2D eigenvalue weighted by molar-refractivity contribution is 7.09. The molecule has 2 rings (SSSR count). The van der Waals surface area contributed by atoms with Crippen LogP contribution in [0.5, 0.6) is 11.5 Å². The summed E-state index contributed by atoms with van der Waals surface area (Å²) in [7, 11) is 3.19. The van der Waals surface area contributed by atoms with Crippen molar-refractivity contribution in [3.63, 3.8) is 0 Å². The second kappa shape index (κ2) is 6.38. The van der Waals surface area contributed by atoms with Gasteiger partial charge >= 0.3 is 0 Å². The Bertz CT molecular complexity index is 534. The molecule has 100 valence electrons. The zero-order chi connectivity index (χ0) is 13.7. The van der Waals surface area contributed by atoms with Crippen molar-refractivity contribution in [2.45, 2.75) is 12.3 Å². The zero-order valence-corrected chi connectivity index (χ0v) is 11.8. The molecule has 2 aromatic rings. The van der Waals surface area contributed by atoms with Gasteiger partial charge in [0, 0.05) is 10.8 Å². The Hall–Kier alpha value is -1.81. The first-order valence-electron chi connectivity index (χ1n) is 5.98. The smallest absolute Gasteiger partial charge is 0.161 e. The summed E-state index contributed by atoms with van der Waals surface area (Å²) in [5, 5.41) is 2.02. The molecule has 1 heterocycles. The largest absolute Gasteiger partial charge is 0.493 e. The summed E-state index contributed by atoms with van der Waals surface area (Å²) < 4.78 is 10.5. The highest BCUT2D eigenvalue weighted by Crippen LogP contribution is 2.31. The van der Waals surface area contributed by atoms with Gasteiger partial charge in [-0.05, 0) is 35.6 Å². The van der Waals surface area contributed by atoms with E-state index in [1.165, 1.54) is 4.88 Å². The molecule has 0 aliphatic carbocycles. The number of thiophene rings is 1. The van der Waals surface area contributed by atoms with Gasteiger partial charge in [-0.15, -0.1) is 11.3 Å². The van der Waals surface area contributed by atoms with Gasteiger partial charge in [-0.2, -0.15) is 0 Å². The molecule has 3 nitrogen and oxygen atoms in total. The Morgan fingerprint density at radius 3 is 2.58 bits per heavy atom. The highest BCUT2D eigenvalue weighted by atomic mass is 32.1. The average Bonchev–Trinajstić information content (AvgIpc) is 2.97. The maximum atomic E-state index is 11.3. The van der Waals surface area contributed by atoms with E-state index in [2.05, 4.69) is 0 Å². The number of hydrogen-bond acceptors (Lipinski definition) is 4. The lowest BCUT2D eigenvalue weighted by atomic mass is 9.96. The molecule has 0 saturated heterocycles. The van der Waals surface area contributed by atoms with Gasteiger partial charge in [-0.1, -0.05) is 12.1 Å². The SMILES string of the molecule is COc1ccc(C(C=O)Cc2cccs2)cc1OC. The molecule has 1 unspecified atom stereocenters. The van der Waals surface area contributed by atoms with Gasteiger partial charge in [0.1, 0.15) is 6.29 Å². The van der Waals surface area contributed by atoms with Gasteiger partial charge in [0.05, 0.1) is 14.2 Å². The van der Waals surface area contributed by atoms with Crippen LogP contribution in [-0.4, -0.2) is 20.5 Å². The number of aldehydes is 1. The summed E-state index contributed by atoms with van der Waals surface area (Å²) in [6, 6.07) is 9.65. The number of ether oxygens (including phenoxy) is 2. The summed E-state index contributed by atoms with van der Waals surface area (Å²) in [4.78, 5) is 12.5. The Balaban J connectivity index is 2.25. The summed E-state index contributed by atoms with van der Waals surface area (Å²) in [5.74, 6) is 1.17. The molecule has 0 N–H and O–H groups in total. The zero-order valence-electron chi connectivity index (χ0n) is 11.0. The molecule has 0 spiro atoms. The van der Waals surface area contributed by atoms with Crippen molar-refractivity contribution in [1.29, 1.82) is 0 Å². The lowest BCUT2D eigenvalue weighted by Gasteiger charge is -2.13. The highest BCUT2D eigenvalue weighted by Gasteiger charge is 2.14. The van der Waals surface area contributed by atoms with Crippen LogP contribution in [-0.2, 0) is 11.2 Å². The van der Waals surface area contributed by atoms with Crippen LogP contribution in [0.25, 0.3) is 0 Å². The third-order valence-corrected chi connectivity index (χ3v) is 3.90. The first-order chi connectivity index (χ1) is 9.28. The van der Waals surface area contributed by atoms with E-state index in [-0.39, 0.29) is 5.92 Å². The number of rotatable bonds is 6. The fourth-order valence-corrected chi connectivity index (χ4v) is 2.74. The topological polar surface area (TPSA) is 35.5 Å². The fraction of sp³-hybridized carbons (Fsp3) is 0.267. The number of methoxy groups -OCH3 is 2. The van der Waals surface area contributed by atoms with Crippen molar-refractivity contribution in [3.8, 4) is 11.5 Å². The monoisotopic (exact) mass is 276 g/mol. The standard InChI is InChI=1S/C15H16O3S/c1-17-14-6-5-11(9-15(14)18-2)12(10-16)8-13-4-3-7-19-13/h3-7,9-10,12H,8H2,1-2H3. The van der Waals surface area contributed by atoms with Crippen molar-refractivity contribution in [2.24, 2.45) is 0 Å². The van der Waals surface area contributed by atoms with Gasteiger partial charge < -0.3 is 14.3 Å². The van der Waals surface area contributed by atoms with E-state index < -0.39 is 0 Å². The molecule has 0 radical (unpaired) electrons. The first kappa shape index (κ1) is 13.6. The van der Waals surface area contributed by atoms with Crippen molar-refractivity contribution in [3.05, 3.63) is 46.2 Å². The normalized spacial score (nSPS) is 11.9. The van der Waals surface area contributed by atoms with Crippen LogP contribution in [0.1, 0.15) is 16.4 Å². The second-order valence-electron chi connectivity index (χ2n) is 4.14. The molecule has 0 aliphatic heterocycles. The quantitative estimate of drug-likeness (QED) is 0.759. The average molecular weight is 276 g/mol. The van der Waals surface area contributed by atoms with E-state index in [4.69, 9.17) is 9.47 Å². The summed E-state index contributed by atoms with van der Waals surface area (Å²) in [6.07, 6.45) is 1.71. The molecule has 1 atom stereocenters. The Morgan fingerprint density at radius 1 is 1.21 bits per heavy atom. The van der Waals surface area contributed by atoms with Gasteiger partial charge in [0.2, 0.25) is 0 Å². The minimum Gasteiger partial charge on any atom is -0.493 e. The van der Waals surface area contributed by atoms with E-state index in [1.54, 1.807) is 25.6 Å². The van der Waals surface area contributed by atoms with E-state index in [0.717, 1.165) is 18.3 Å². The summed E-state index contributed by atoms with van der Waals surface area (Å²) >= 11 is 1.66.